The van der Waals surface area contributed by atoms with Gasteiger partial charge in [-0.25, -0.2) is 9.78 Å². The number of ketones is 1. The average molecular weight is 368 g/mol. The van der Waals surface area contributed by atoms with Crippen LogP contribution >= 0.6 is 11.3 Å². The number of methoxy groups -OCH3 is 1. The SMILES string of the molecule is C=N/C(=C\N(C)c1nc(C(=O)OC)cs1)C(=O)c1c[nH]c2ccccc12. The molecule has 0 aliphatic heterocycles. The molecule has 2 heterocycles. The quantitative estimate of drug-likeness (QED) is 0.312. The molecule has 8 heteroatoms. The number of thiazole rings is 1. The van der Waals surface area contributed by atoms with Gasteiger partial charge in [0.05, 0.1) is 7.11 Å². The van der Waals surface area contributed by atoms with Crippen molar-refractivity contribution in [2.75, 3.05) is 19.1 Å². The van der Waals surface area contributed by atoms with Crippen molar-refractivity contribution in [3.63, 3.8) is 0 Å². The summed E-state index contributed by atoms with van der Waals surface area (Å²) in [7, 11) is 3.01. The first kappa shape index (κ1) is 17.6. The van der Waals surface area contributed by atoms with E-state index >= 15 is 0 Å². The van der Waals surface area contributed by atoms with Crippen LogP contribution < -0.4 is 4.90 Å². The second kappa shape index (κ2) is 7.32. The lowest BCUT2D eigenvalue weighted by molar-refractivity contribution is 0.0595. The van der Waals surface area contributed by atoms with Crippen molar-refractivity contribution in [3.8, 4) is 0 Å². The average Bonchev–Trinajstić information content (AvgIpc) is 3.32. The van der Waals surface area contributed by atoms with Crippen molar-refractivity contribution in [2.24, 2.45) is 4.99 Å². The van der Waals surface area contributed by atoms with Gasteiger partial charge in [-0.3, -0.25) is 9.79 Å². The van der Waals surface area contributed by atoms with Gasteiger partial charge in [-0.2, -0.15) is 0 Å². The second-order valence-corrected chi connectivity index (χ2v) is 6.20. The Bertz CT molecular complexity index is 1020. The zero-order chi connectivity index (χ0) is 18.7. The van der Waals surface area contributed by atoms with E-state index in [1.165, 1.54) is 24.6 Å². The van der Waals surface area contributed by atoms with Gasteiger partial charge in [0.25, 0.3) is 0 Å². The Morgan fingerprint density at radius 1 is 1.38 bits per heavy atom. The van der Waals surface area contributed by atoms with Crippen LogP contribution in [0.2, 0.25) is 0 Å². The molecule has 1 N–H and O–H groups in total. The number of anilines is 1. The van der Waals surface area contributed by atoms with Gasteiger partial charge in [-0.1, -0.05) is 18.2 Å². The topological polar surface area (TPSA) is 87.7 Å². The number of rotatable bonds is 6. The maximum atomic E-state index is 12.8. The number of esters is 1. The molecule has 0 aliphatic rings. The summed E-state index contributed by atoms with van der Waals surface area (Å²) in [4.78, 5) is 37.1. The third kappa shape index (κ3) is 3.27. The maximum absolute atomic E-state index is 12.8. The predicted molar refractivity (Wildman–Crippen MR) is 102 cm³/mol. The van der Waals surface area contributed by atoms with Crippen molar-refractivity contribution >= 4 is 45.8 Å². The number of nitrogens with zero attached hydrogens (tertiary/aromatic N) is 3. The van der Waals surface area contributed by atoms with Crippen LogP contribution in [0.5, 0.6) is 0 Å². The number of H-pyrrole nitrogens is 1. The number of carbonyl (C=O) groups excluding carboxylic acids is 2. The monoisotopic (exact) mass is 368 g/mol. The van der Waals surface area contributed by atoms with E-state index in [4.69, 9.17) is 0 Å². The van der Waals surface area contributed by atoms with Gasteiger partial charge in [0.15, 0.2) is 10.8 Å². The lowest BCUT2D eigenvalue weighted by atomic mass is 10.1. The molecule has 0 aliphatic carbocycles. The molecule has 3 aromatic rings. The number of aliphatic imine (C=N–C) groups is 1. The lowest BCUT2D eigenvalue weighted by Crippen LogP contribution is -2.13. The number of para-hydroxylation sites is 1. The minimum absolute atomic E-state index is 0.173. The highest BCUT2D eigenvalue weighted by Crippen LogP contribution is 2.24. The molecule has 0 amide bonds. The van der Waals surface area contributed by atoms with Gasteiger partial charge in [0.1, 0.15) is 5.70 Å². The van der Waals surface area contributed by atoms with Crippen molar-refractivity contribution in [1.29, 1.82) is 0 Å². The third-order valence-corrected chi connectivity index (χ3v) is 4.67. The highest BCUT2D eigenvalue weighted by molar-refractivity contribution is 7.14. The van der Waals surface area contributed by atoms with E-state index < -0.39 is 5.97 Å². The highest BCUT2D eigenvalue weighted by atomic mass is 32.1. The Morgan fingerprint density at radius 3 is 2.88 bits per heavy atom. The zero-order valence-corrected chi connectivity index (χ0v) is 15.0. The first-order valence-electron chi connectivity index (χ1n) is 7.61. The molecule has 132 valence electrons. The number of hydrogen-bond acceptors (Lipinski definition) is 7. The van der Waals surface area contributed by atoms with Crippen LogP contribution in [0.3, 0.4) is 0 Å². The van der Waals surface area contributed by atoms with Gasteiger partial charge in [-0.15, -0.1) is 11.3 Å². The van der Waals surface area contributed by atoms with E-state index in [1.807, 2.05) is 24.3 Å². The summed E-state index contributed by atoms with van der Waals surface area (Å²) in [5.74, 6) is -0.768. The molecule has 0 radical (unpaired) electrons. The number of ether oxygens (including phenoxy) is 1. The fourth-order valence-electron chi connectivity index (χ4n) is 2.43. The Kier molecular flexibility index (Phi) is 4.94. The van der Waals surface area contributed by atoms with Gasteiger partial charge >= 0.3 is 5.97 Å². The molecule has 0 unspecified atom stereocenters. The molecule has 0 atom stereocenters. The van der Waals surface area contributed by atoms with Crippen LogP contribution in [0.4, 0.5) is 5.13 Å². The highest BCUT2D eigenvalue weighted by Gasteiger charge is 2.18. The molecular weight excluding hydrogens is 352 g/mol. The maximum Gasteiger partial charge on any atom is 0.357 e. The van der Waals surface area contributed by atoms with Crippen molar-refractivity contribution in [2.45, 2.75) is 0 Å². The van der Waals surface area contributed by atoms with E-state index in [2.05, 4.69) is 26.4 Å². The van der Waals surface area contributed by atoms with Crippen molar-refractivity contribution < 1.29 is 14.3 Å². The number of Topliss-reactive ketones (excluding diaryl/α,β-unsaturated/α-hetero) is 1. The number of aromatic amines is 1. The molecular formula is C18H16N4O3S. The summed E-state index contributed by atoms with van der Waals surface area (Å²) in [6, 6.07) is 7.53. The van der Waals surface area contributed by atoms with Crippen LogP contribution in [-0.2, 0) is 4.74 Å². The summed E-state index contributed by atoms with van der Waals surface area (Å²) >= 11 is 1.26. The number of nitrogens with one attached hydrogen (secondary N) is 1. The Hall–Kier alpha value is -3.26. The number of allylic oxidation sites excluding steroid dienone is 1. The van der Waals surface area contributed by atoms with Crippen LogP contribution in [0.15, 0.2) is 52.7 Å². The standard InChI is InChI=1S/C18H16N4O3S/c1-19-14(9-22(2)18-21-15(10-26-18)17(24)25-3)16(23)12-8-20-13-7-5-4-6-11(12)13/h4-10,20H,1H2,2-3H3/b14-9-. The molecule has 0 saturated carbocycles. The van der Waals surface area contributed by atoms with Gasteiger partial charge < -0.3 is 14.6 Å². The summed E-state index contributed by atoms with van der Waals surface area (Å²) in [6.45, 7) is 3.50. The van der Waals surface area contributed by atoms with Gasteiger partial charge in [0.2, 0.25) is 5.78 Å². The molecule has 0 saturated heterocycles. The molecule has 2 aromatic heterocycles. The van der Waals surface area contributed by atoms with Gasteiger partial charge in [0, 0.05) is 41.3 Å². The number of hydrogen-bond donors (Lipinski definition) is 1. The second-order valence-electron chi connectivity index (χ2n) is 5.37. The normalized spacial score (nSPS) is 11.4. The molecule has 0 spiro atoms. The molecule has 26 heavy (non-hydrogen) atoms. The van der Waals surface area contributed by atoms with E-state index in [-0.39, 0.29) is 17.2 Å². The lowest BCUT2D eigenvalue weighted by Gasteiger charge is -2.11. The molecule has 0 fully saturated rings. The van der Waals surface area contributed by atoms with E-state index in [9.17, 15) is 9.59 Å². The largest absolute Gasteiger partial charge is 0.464 e. The number of carbonyl (C=O) groups is 2. The first-order chi connectivity index (χ1) is 12.5. The fourth-order valence-corrected chi connectivity index (χ4v) is 3.17. The molecule has 1 aromatic carbocycles. The summed E-state index contributed by atoms with van der Waals surface area (Å²) in [5, 5.41) is 2.93. The van der Waals surface area contributed by atoms with E-state index in [1.54, 1.807) is 23.5 Å². The first-order valence-corrected chi connectivity index (χ1v) is 8.49. The third-order valence-electron chi connectivity index (χ3n) is 3.74. The van der Waals surface area contributed by atoms with Crippen LogP contribution in [0.1, 0.15) is 20.8 Å². The van der Waals surface area contributed by atoms with Gasteiger partial charge in [-0.05, 0) is 12.8 Å². The molecule has 0 bridgehead atoms. The predicted octanol–water partition coefficient (Wildman–Crippen LogP) is 3.27. The molecule has 3 rings (SSSR count). The van der Waals surface area contributed by atoms with Crippen molar-refractivity contribution in [1.82, 2.24) is 9.97 Å². The Labute approximate surface area is 153 Å². The van der Waals surface area contributed by atoms with E-state index in [0.717, 1.165) is 10.9 Å². The summed E-state index contributed by atoms with van der Waals surface area (Å²) in [5.41, 5.74) is 1.77. The Balaban J connectivity index is 1.89. The fraction of sp³-hybridized carbons (Fsp3) is 0.111. The zero-order valence-electron chi connectivity index (χ0n) is 14.2. The number of fused-ring (bicyclic) bond motifs is 1. The van der Waals surface area contributed by atoms with Crippen LogP contribution in [0.25, 0.3) is 10.9 Å². The summed E-state index contributed by atoms with van der Waals surface area (Å²) in [6.07, 6.45) is 3.20. The summed E-state index contributed by atoms with van der Waals surface area (Å²) < 4.78 is 4.64. The minimum atomic E-state index is -0.512. The van der Waals surface area contributed by atoms with E-state index in [0.29, 0.717) is 10.7 Å². The van der Waals surface area contributed by atoms with Crippen LogP contribution in [0, 0.1) is 0 Å². The Morgan fingerprint density at radius 2 is 2.15 bits per heavy atom. The molecule has 7 nitrogen and oxygen atoms in total. The number of aromatic nitrogens is 2. The van der Waals surface area contributed by atoms with Crippen molar-refractivity contribution in [3.05, 3.63) is 59.0 Å². The van der Waals surface area contributed by atoms with Crippen LogP contribution in [-0.4, -0.2) is 42.6 Å². The number of benzene rings is 1. The minimum Gasteiger partial charge on any atom is -0.464 e. The smallest absolute Gasteiger partial charge is 0.357 e.